The second-order valence-electron chi connectivity index (χ2n) is 4.09. The summed E-state index contributed by atoms with van der Waals surface area (Å²) in [6, 6.07) is 0.0587. The zero-order chi connectivity index (χ0) is 13.8. The molecule has 1 atom stereocenters. The summed E-state index contributed by atoms with van der Waals surface area (Å²) in [7, 11) is 0. The van der Waals surface area contributed by atoms with Crippen LogP contribution in [0.25, 0.3) is 0 Å². The van der Waals surface area contributed by atoms with Gasteiger partial charge in [-0.1, -0.05) is 6.92 Å². The third-order valence-electron chi connectivity index (χ3n) is 2.85. The average Bonchev–Trinajstić information content (AvgIpc) is 2.34. The second kappa shape index (κ2) is 11.4. The highest BCUT2D eigenvalue weighted by Gasteiger charge is 2.19. The first-order chi connectivity index (χ1) is 8.65. The minimum atomic E-state index is -0.750. The van der Waals surface area contributed by atoms with E-state index < -0.39 is 5.97 Å². The SMILES string of the molecule is CCOCCN(CCOCC)C(CC)CC(=O)O. The van der Waals surface area contributed by atoms with Crippen LogP contribution in [0.1, 0.15) is 33.6 Å². The summed E-state index contributed by atoms with van der Waals surface area (Å²) in [6.07, 6.45) is 0.999. The van der Waals surface area contributed by atoms with Crippen molar-refractivity contribution in [3.05, 3.63) is 0 Å². The van der Waals surface area contributed by atoms with E-state index in [4.69, 9.17) is 14.6 Å². The van der Waals surface area contributed by atoms with E-state index in [0.717, 1.165) is 19.5 Å². The summed E-state index contributed by atoms with van der Waals surface area (Å²) in [4.78, 5) is 13.0. The van der Waals surface area contributed by atoms with Crippen molar-refractivity contribution in [3.63, 3.8) is 0 Å². The van der Waals surface area contributed by atoms with Crippen LogP contribution in [0.5, 0.6) is 0 Å². The summed E-state index contributed by atoms with van der Waals surface area (Å²) < 4.78 is 10.7. The monoisotopic (exact) mass is 261 g/mol. The van der Waals surface area contributed by atoms with Gasteiger partial charge in [-0.25, -0.2) is 0 Å². The fraction of sp³-hybridized carbons (Fsp3) is 0.923. The van der Waals surface area contributed by atoms with E-state index in [1.807, 2.05) is 20.8 Å². The number of carbonyl (C=O) groups is 1. The molecule has 1 N–H and O–H groups in total. The maximum atomic E-state index is 10.8. The molecule has 5 heteroatoms. The number of nitrogens with zero attached hydrogens (tertiary/aromatic N) is 1. The Balaban J connectivity index is 4.24. The van der Waals surface area contributed by atoms with E-state index in [1.54, 1.807) is 0 Å². The molecule has 0 saturated heterocycles. The van der Waals surface area contributed by atoms with Crippen LogP contribution in [0.2, 0.25) is 0 Å². The highest BCUT2D eigenvalue weighted by Crippen LogP contribution is 2.09. The number of ether oxygens (including phenoxy) is 2. The third-order valence-corrected chi connectivity index (χ3v) is 2.85. The molecule has 0 saturated carbocycles. The molecule has 1 unspecified atom stereocenters. The predicted octanol–water partition coefficient (Wildman–Crippen LogP) is 1.61. The number of hydrogen-bond acceptors (Lipinski definition) is 4. The van der Waals surface area contributed by atoms with E-state index in [0.29, 0.717) is 26.4 Å². The highest BCUT2D eigenvalue weighted by atomic mass is 16.5. The molecule has 0 amide bonds. The number of aliphatic carboxylic acids is 1. The average molecular weight is 261 g/mol. The molecule has 0 aliphatic rings. The smallest absolute Gasteiger partial charge is 0.304 e. The summed E-state index contributed by atoms with van der Waals surface area (Å²) in [5.74, 6) is -0.750. The fourth-order valence-electron chi connectivity index (χ4n) is 1.86. The summed E-state index contributed by atoms with van der Waals surface area (Å²) in [5, 5.41) is 8.92. The van der Waals surface area contributed by atoms with Gasteiger partial charge in [0, 0.05) is 32.3 Å². The van der Waals surface area contributed by atoms with Crippen LogP contribution in [0.4, 0.5) is 0 Å². The van der Waals surface area contributed by atoms with Crippen molar-refractivity contribution in [2.24, 2.45) is 0 Å². The molecule has 0 rings (SSSR count). The van der Waals surface area contributed by atoms with Gasteiger partial charge in [-0.3, -0.25) is 9.69 Å². The van der Waals surface area contributed by atoms with Crippen LogP contribution in [0, 0.1) is 0 Å². The molecule has 0 aromatic carbocycles. The largest absolute Gasteiger partial charge is 0.481 e. The van der Waals surface area contributed by atoms with Gasteiger partial charge in [0.1, 0.15) is 0 Å². The third kappa shape index (κ3) is 8.44. The van der Waals surface area contributed by atoms with Crippen LogP contribution in [-0.4, -0.2) is 61.5 Å². The van der Waals surface area contributed by atoms with Crippen molar-refractivity contribution in [1.82, 2.24) is 4.90 Å². The van der Waals surface area contributed by atoms with Crippen molar-refractivity contribution < 1.29 is 19.4 Å². The molecule has 0 aliphatic carbocycles. The van der Waals surface area contributed by atoms with Crippen LogP contribution in [0.15, 0.2) is 0 Å². The Kier molecular flexibility index (Phi) is 11.0. The Bertz CT molecular complexity index is 201. The van der Waals surface area contributed by atoms with Crippen molar-refractivity contribution in [1.29, 1.82) is 0 Å². The molecule has 0 spiro atoms. The topological polar surface area (TPSA) is 59.0 Å². The van der Waals surface area contributed by atoms with Crippen LogP contribution in [0.3, 0.4) is 0 Å². The zero-order valence-electron chi connectivity index (χ0n) is 11.9. The fourth-order valence-corrected chi connectivity index (χ4v) is 1.86. The summed E-state index contributed by atoms with van der Waals surface area (Å²) in [6.45, 7) is 10.1. The van der Waals surface area contributed by atoms with E-state index in [2.05, 4.69) is 4.90 Å². The highest BCUT2D eigenvalue weighted by molar-refractivity contribution is 5.67. The molecule has 0 fully saturated rings. The van der Waals surface area contributed by atoms with E-state index in [-0.39, 0.29) is 12.5 Å². The van der Waals surface area contributed by atoms with Gasteiger partial charge >= 0.3 is 5.97 Å². The number of hydrogen-bond donors (Lipinski definition) is 1. The number of rotatable bonds is 12. The molecule has 18 heavy (non-hydrogen) atoms. The maximum Gasteiger partial charge on any atom is 0.304 e. The molecule has 0 radical (unpaired) electrons. The number of carboxylic acids is 1. The first kappa shape index (κ1) is 17.4. The summed E-state index contributed by atoms with van der Waals surface area (Å²) in [5.41, 5.74) is 0. The lowest BCUT2D eigenvalue weighted by Gasteiger charge is -2.29. The lowest BCUT2D eigenvalue weighted by molar-refractivity contribution is -0.138. The zero-order valence-corrected chi connectivity index (χ0v) is 11.9. The summed E-state index contributed by atoms with van der Waals surface area (Å²) >= 11 is 0. The molecular weight excluding hydrogens is 234 g/mol. The standard InChI is InChI=1S/C13H27NO4/c1-4-12(11-13(15)16)14(7-9-17-5-2)8-10-18-6-3/h12H,4-11H2,1-3H3,(H,15,16). The molecule has 0 aromatic heterocycles. The van der Waals surface area contributed by atoms with E-state index in [9.17, 15) is 4.79 Å². The van der Waals surface area contributed by atoms with Gasteiger partial charge in [0.2, 0.25) is 0 Å². The Labute approximate surface area is 110 Å². The van der Waals surface area contributed by atoms with Crippen LogP contribution < -0.4 is 0 Å². The van der Waals surface area contributed by atoms with Crippen molar-refractivity contribution in [2.75, 3.05) is 39.5 Å². The van der Waals surface area contributed by atoms with E-state index >= 15 is 0 Å². The van der Waals surface area contributed by atoms with Crippen LogP contribution in [-0.2, 0) is 14.3 Å². The molecular formula is C13H27NO4. The van der Waals surface area contributed by atoms with Gasteiger partial charge < -0.3 is 14.6 Å². The van der Waals surface area contributed by atoms with Crippen molar-refractivity contribution in [3.8, 4) is 0 Å². The lowest BCUT2D eigenvalue weighted by Crippen LogP contribution is -2.41. The molecule has 0 aliphatic heterocycles. The Morgan fingerprint density at radius 2 is 1.61 bits per heavy atom. The van der Waals surface area contributed by atoms with Gasteiger partial charge in [-0.2, -0.15) is 0 Å². The van der Waals surface area contributed by atoms with E-state index in [1.165, 1.54) is 0 Å². The normalized spacial score (nSPS) is 12.9. The minimum Gasteiger partial charge on any atom is -0.481 e. The first-order valence-electron chi connectivity index (χ1n) is 6.76. The lowest BCUT2D eigenvalue weighted by atomic mass is 10.1. The quantitative estimate of drug-likeness (QED) is 0.541. The van der Waals surface area contributed by atoms with Gasteiger partial charge in [0.25, 0.3) is 0 Å². The van der Waals surface area contributed by atoms with Gasteiger partial charge in [0.15, 0.2) is 0 Å². The molecule has 5 nitrogen and oxygen atoms in total. The Hall–Kier alpha value is -0.650. The van der Waals surface area contributed by atoms with Gasteiger partial charge in [0.05, 0.1) is 19.6 Å². The van der Waals surface area contributed by atoms with Gasteiger partial charge in [-0.15, -0.1) is 0 Å². The van der Waals surface area contributed by atoms with Gasteiger partial charge in [-0.05, 0) is 20.3 Å². The Morgan fingerprint density at radius 1 is 1.11 bits per heavy atom. The second-order valence-corrected chi connectivity index (χ2v) is 4.09. The molecule has 0 aromatic rings. The van der Waals surface area contributed by atoms with Crippen LogP contribution >= 0.6 is 0 Å². The molecule has 0 bridgehead atoms. The number of carboxylic acid groups (broad SMARTS) is 1. The minimum absolute atomic E-state index is 0.0587. The maximum absolute atomic E-state index is 10.8. The molecule has 108 valence electrons. The first-order valence-corrected chi connectivity index (χ1v) is 6.76. The van der Waals surface area contributed by atoms with Crippen molar-refractivity contribution in [2.45, 2.75) is 39.7 Å². The molecule has 0 heterocycles. The van der Waals surface area contributed by atoms with Crippen molar-refractivity contribution >= 4 is 5.97 Å². The Morgan fingerprint density at radius 3 is 1.94 bits per heavy atom. The predicted molar refractivity (Wildman–Crippen MR) is 70.9 cm³/mol.